The van der Waals surface area contributed by atoms with E-state index in [0.717, 1.165) is 16.8 Å². The van der Waals surface area contributed by atoms with Gasteiger partial charge < -0.3 is 9.57 Å². The molecule has 2 aromatic carbocycles. The van der Waals surface area contributed by atoms with Gasteiger partial charge in [0.15, 0.2) is 0 Å². The molecule has 3 rings (SSSR count). The molecule has 130 valence electrons. The van der Waals surface area contributed by atoms with Crippen LogP contribution in [-0.4, -0.2) is 23.8 Å². The van der Waals surface area contributed by atoms with Crippen LogP contribution >= 0.6 is 0 Å². The number of esters is 1. The summed E-state index contributed by atoms with van der Waals surface area (Å²) in [6.07, 6.45) is 1.72. The fourth-order valence-corrected chi connectivity index (χ4v) is 2.37. The van der Waals surface area contributed by atoms with Crippen molar-refractivity contribution in [1.82, 2.24) is 4.98 Å². The molecule has 5 nitrogen and oxygen atoms in total. The third-order valence-electron chi connectivity index (χ3n) is 3.72. The van der Waals surface area contributed by atoms with Gasteiger partial charge in [0.05, 0.1) is 18.4 Å². The van der Waals surface area contributed by atoms with Crippen molar-refractivity contribution in [3.63, 3.8) is 0 Å². The molecule has 0 spiro atoms. The second kappa shape index (κ2) is 8.58. The predicted octanol–water partition coefficient (Wildman–Crippen LogP) is 3.84. The molecule has 0 radical (unpaired) electrons. The highest BCUT2D eigenvalue weighted by Gasteiger charge is 2.09. The van der Waals surface area contributed by atoms with E-state index in [4.69, 9.17) is 4.84 Å². The summed E-state index contributed by atoms with van der Waals surface area (Å²) in [5.41, 5.74) is 3.72. The summed E-state index contributed by atoms with van der Waals surface area (Å²) in [7, 11) is 1.36. The number of carbonyl (C=O) groups excluding carboxylic acids is 1. The maximum absolute atomic E-state index is 11.5. The molecular formula is C21H18N2O3. The van der Waals surface area contributed by atoms with Gasteiger partial charge in [0.2, 0.25) is 0 Å². The van der Waals surface area contributed by atoms with Gasteiger partial charge in [-0.05, 0) is 29.8 Å². The zero-order valence-electron chi connectivity index (χ0n) is 14.3. The fraction of sp³-hybridized carbons (Fsp3) is 0.0952. The van der Waals surface area contributed by atoms with Crippen molar-refractivity contribution in [3.05, 3.63) is 101 Å². The molecule has 0 N–H and O–H groups in total. The molecule has 1 aromatic heterocycles. The van der Waals surface area contributed by atoms with Crippen LogP contribution in [0.4, 0.5) is 0 Å². The Hall–Kier alpha value is -3.47. The van der Waals surface area contributed by atoms with Gasteiger partial charge in [0, 0.05) is 11.8 Å². The van der Waals surface area contributed by atoms with Crippen LogP contribution < -0.4 is 0 Å². The first-order valence-corrected chi connectivity index (χ1v) is 8.12. The zero-order valence-corrected chi connectivity index (χ0v) is 14.3. The number of aromatic nitrogens is 1. The predicted molar refractivity (Wildman–Crippen MR) is 98.9 cm³/mol. The molecule has 0 aliphatic rings. The largest absolute Gasteiger partial charge is 0.465 e. The van der Waals surface area contributed by atoms with Crippen molar-refractivity contribution in [2.45, 2.75) is 6.61 Å². The number of oxime groups is 1. The molecule has 3 aromatic rings. The number of hydrogen-bond acceptors (Lipinski definition) is 5. The van der Waals surface area contributed by atoms with Crippen molar-refractivity contribution < 1.29 is 14.4 Å². The third kappa shape index (κ3) is 4.33. The highest BCUT2D eigenvalue weighted by molar-refractivity contribution is 6.11. The summed E-state index contributed by atoms with van der Waals surface area (Å²) >= 11 is 0. The van der Waals surface area contributed by atoms with Gasteiger partial charge in [0.25, 0.3) is 0 Å². The highest BCUT2D eigenvalue weighted by atomic mass is 16.6. The second-order valence-corrected chi connectivity index (χ2v) is 5.48. The molecule has 0 aliphatic heterocycles. The summed E-state index contributed by atoms with van der Waals surface area (Å²) in [4.78, 5) is 21.4. The SMILES string of the molecule is COC(=O)c1ccc(CON=C(c2ccccc2)c2ccccn2)cc1. The number of benzene rings is 2. The summed E-state index contributed by atoms with van der Waals surface area (Å²) in [5, 5.41) is 4.30. The van der Waals surface area contributed by atoms with Gasteiger partial charge in [-0.2, -0.15) is 0 Å². The standard InChI is InChI=1S/C21H18N2O3/c1-25-21(24)18-12-10-16(11-13-18)15-26-23-20(17-7-3-2-4-8-17)19-9-5-6-14-22-19/h2-14H,15H2,1H3. The van der Waals surface area contributed by atoms with Crippen LogP contribution in [0.1, 0.15) is 27.2 Å². The minimum Gasteiger partial charge on any atom is -0.465 e. The maximum Gasteiger partial charge on any atom is 0.337 e. The second-order valence-electron chi connectivity index (χ2n) is 5.48. The lowest BCUT2D eigenvalue weighted by atomic mass is 10.1. The minimum atomic E-state index is -0.364. The Morgan fingerprint density at radius 3 is 2.31 bits per heavy atom. The van der Waals surface area contributed by atoms with E-state index >= 15 is 0 Å². The lowest BCUT2D eigenvalue weighted by Crippen LogP contribution is -2.06. The Bertz CT molecular complexity index is 835. The molecular weight excluding hydrogens is 328 g/mol. The lowest BCUT2D eigenvalue weighted by molar-refractivity contribution is 0.0600. The summed E-state index contributed by atoms with van der Waals surface area (Å²) in [6, 6.07) is 22.4. The quantitative estimate of drug-likeness (QED) is 0.386. The van der Waals surface area contributed by atoms with Gasteiger partial charge >= 0.3 is 5.97 Å². The molecule has 0 fully saturated rings. The first kappa shape index (κ1) is 17.4. The Morgan fingerprint density at radius 2 is 1.65 bits per heavy atom. The van der Waals surface area contributed by atoms with Gasteiger partial charge in [-0.15, -0.1) is 0 Å². The number of methoxy groups -OCH3 is 1. The van der Waals surface area contributed by atoms with Crippen LogP contribution in [-0.2, 0) is 16.2 Å². The number of carbonyl (C=O) groups is 1. The molecule has 5 heteroatoms. The van der Waals surface area contributed by atoms with Crippen molar-refractivity contribution in [2.24, 2.45) is 5.16 Å². The highest BCUT2D eigenvalue weighted by Crippen LogP contribution is 2.11. The molecule has 1 heterocycles. The number of ether oxygens (including phenoxy) is 1. The lowest BCUT2D eigenvalue weighted by Gasteiger charge is -2.07. The van der Waals surface area contributed by atoms with Gasteiger partial charge in [0.1, 0.15) is 12.3 Å². The van der Waals surface area contributed by atoms with E-state index in [0.29, 0.717) is 11.3 Å². The van der Waals surface area contributed by atoms with Gasteiger partial charge in [-0.3, -0.25) is 4.98 Å². The zero-order chi connectivity index (χ0) is 18.2. The van der Waals surface area contributed by atoms with E-state index in [2.05, 4.69) is 14.9 Å². The van der Waals surface area contributed by atoms with Crippen LogP contribution in [0.15, 0.2) is 84.1 Å². The summed E-state index contributed by atoms with van der Waals surface area (Å²) in [6.45, 7) is 0.282. The summed E-state index contributed by atoms with van der Waals surface area (Å²) in [5.74, 6) is -0.364. The number of hydrogen-bond donors (Lipinski definition) is 0. The van der Waals surface area contributed by atoms with E-state index in [9.17, 15) is 4.79 Å². The van der Waals surface area contributed by atoms with Crippen LogP contribution in [0.25, 0.3) is 0 Å². The van der Waals surface area contributed by atoms with Crippen LogP contribution in [0.3, 0.4) is 0 Å². The Morgan fingerprint density at radius 1 is 0.923 bits per heavy atom. The molecule has 26 heavy (non-hydrogen) atoms. The van der Waals surface area contributed by atoms with Gasteiger partial charge in [-0.25, -0.2) is 4.79 Å². The van der Waals surface area contributed by atoms with E-state index in [-0.39, 0.29) is 12.6 Å². The van der Waals surface area contributed by atoms with E-state index < -0.39 is 0 Å². The molecule has 0 bridgehead atoms. The molecule has 0 saturated heterocycles. The van der Waals surface area contributed by atoms with E-state index in [1.165, 1.54) is 7.11 Å². The average Bonchev–Trinajstić information content (AvgIpc) is 2.72. The van der Waals surface area contributed by atoms with Crippen LogP contribution in [0.5, 0.6) is 0 Å². The maximum atomic E-state index is 11.5. The number of pyridine rings is 1. The molecule has 0 saturated carbocycles. The Kier molecular flexibility index (Phi) is 5.72. The van der Waals surface area contributed by atoms with E-state index in [1.807, 2.05) is 60.7 Å². The third-order valence-corrected chi connectivity index (χ3v) is 3.72. The first-order valence-electron chi connectivity index (χ1n) is 8.12. The Labute approximate surface area is 151 Å². The molecule has 0 unspecified atom stereocenters. The Balaban J connectivity index is 1.76. The first-order chi connectivity index (χ1) is 12.8. The summed E-state index contributed by atoms with van der Waals surface area (Å²) < 4.78 is 4.69. The van der Waals surface area contributed by atoms with Crippen LogP contribution in [0.2, 0.25) is 0 Å². The van der Waals surface area contributed by atoms with Crippen molar-refractivity contribution >= 4 is 11.7 Å². The van der Waals surface area contributed by atoms with Crippen molar-refractivity contribution in [2.75, 3.05) is 7.11 Å². The fourth-order valence-electron chi connectivity index (χ4n) is 2.37. The van der Waals surface area contributed by atoms with Crippen molar-refractivity contribution in [1.29, 1.82) is 0 Å². The average molecular weight is 346 g/mol. The molecule has 0 atom stereocenters. The monoisotopic (exact) mass is 346 g/mol. The van der Waals surface area contributed by atoms with Crippen molar-refractivity contribution in [3.8, 4) is 0 Å². The smallest absolute Gasteiger partial charge is 0.337 e. The minimum absolute atomic E-state index is 0.282. The topological polar surface area (TPSA) is 60.8 Å². The normalized spacial score (nSPS) is 11.0. The number of rotatable bonds is 6. The van der Waals surface area contributed by atoms with E-state index in [1.54, 1.807) is 18.3 Å². The molecule has 0 aliphatic carbocycles. The van der Waals surface area contributed by atoms with Gasteiger partial charge in [-0.1, -0.05) is 53.7 Å². The van der Waals surface area contributed by atoms with Crippen LogP contribution in [0, 0.1) is 0 Å². The number of nitrogens with zero attached hydrogens (tertiary/aromatic N) is 2. The molecule has 0 amide bonds.